The molecule has 1 heterocycles. The summed E-state index contributed by atoms with van der Waals surface area (Å²) in [4.78, 5) is 11.2. The van der Waals surface area contributed by atoms with E-state index in [1.54, 1.807) is 32.9 Å². The molecule has 0 amide bonds. The highest BCUT2D eigenvalue weighted by atomic mass is 16.6. The highest BCUT2D eigenvalue weighted by Crippen LogP contribution is 2.08. The van der Waals surface area contributed by atoms with Crippen LogP contribution in [0.1, 0.15) is 30.2 Å². The first-order valence-electron chi connectivity index (χ1n) is 3.87. The lowest BCUT2D eigenvalue weighted by atomic mass is 10.4. The SMILES string of the molecule is Cc1ccc(C(=O)OC(C)C)o1. The number of rotatable bonds is 2. The van der Waals surface area contributed by atoms with Gasteiger partial charge in [-0.3, -0.25) is 0 Å². The van der Waals surface area contributed by atoms with Crippen molar-refractivity contribution in [3.05, 3.63) is 23.7 Å². The molecule has 3 heteroatoms. The molecule has 0 fully saturated rings. The molecular formula is C9H12O3. The van der Waals surface area contributed by atoms with Gasteiger partial charge in [0.15, 0.2) is 0 Å². The summed E-state index contributed by atoms with van der Waals surface area (Å²) in [6, 6.07) is 3.34. The predicted molar refractivity (Wildman–Crippen MR) is 44.0 cm³/mol. The Kier molecular flexibility index (Phi) is 2.53. The van der Waals surface area contributed by atoms with E-state index in [-0.39, 0.29) is 11.9 Å². The molecule has 0 unspecified atom stereocenters. The van der Waals surface area contributed by atoms with Gasteiger partial charge in [0.25, 0.3) is 0 Å². The van der Waals surface area contributed by atoms with Gasteiger partial charge in [-0.1, -0.05) is 0 Å². The van der Waals surface area contributed by atoms with Gasteiger partial charge in [0.05, 0.1) is 6.10 Å². The standard InChI is InChI=1S/C9H12O3/c1-6(2)11-9(10)8-5-4-7(3)12-8/h4-6H,1-3H3. The van der Waals surface area contributed by atoms with Gasteiger partial charge in [-0.15, -0.1) is 0 Å². The van der Waals surface area contributed by atoms with E-state index in [0.29, 0.717) is 5.76 Å². The van der Waals surface area contributed by atoms with Gasteiger partial charge in [-0.25, -0.2) is 4.79 Å². The van der Waals surface area contributed by atoms with Crippen molar-refractivity contribution < 1.29 is 13.9 Å². The molecule has 0 saturated heterocycles. The molecule has 0 aliphatic carbocycles. The average Bonchev–Trinajstić information content (AvgIpc) is 2.34. The van der Waals surface area contributed by atoms with Crippen LogP contribution >= 0.6 is 0 Å². The number of carbonyl (C=O) groups excluding carboxylic acids is 1. The van der Waals surface area contributed by atoms with E-state index in [1.807, 2.05) is 0 Å². The van der Waals surface area contributed by atoms with Crippen LogP contribution in [0, 0.1) is 6.92 Å². The quantitative estimate of drug-likeness (QED) is 0.635. The Morgan fingerprint density at radius 1 is 1.50 bits per heavy atom. The summed E-state index contributed by atoms with van der Waals surface area (Å²) in [5.41, 5.74) is 0. The largest absolute Gasteiger partial charge is 0.457 e. The van der Waals surface area contributed by atoms with Crippen LogP contribution in [-0.4, -0.2) is 12.1 Å². The van der Waals surface area contributed by atoms with Gasteiger partial charge in [-0.05, 0) is 32.9 Å². The molecule has 1 aromatic rings. The zero-order chi connectivity index (χ0) is 9.14. The normalized spacial score (nSPS) is 10.3. The third kappa shape index (κ3) is 2.12. The fraction of sp³-hybridized carbons (Fsp3) is 0.444. The summed E-state index contributed by atoms with van der Waals surface area (Å²) < 4.78 is 9.99. The van der Waals surface area contributed by atoms with Crippen LogP contribution in [0.2, 0.25) is 0 Å². The molecular weight excluding hydrogens is 156 g/mol. The van der Waals surface area contributed by atoms with E-state index in [0.717, 1.165) is 0 Å². The minimum absolute atomic E-state index is 0.108. The smallest absolute Gasteiger partial charge is 0.374 e. The number of esters is 1. The lowest BCUT2D eigenvalue weighted by molar-refractivity contribution is 0.0340. The number of hydrogen-bond acceptors (Lipinski definition) is 3. The second kappa shape index (κ2) is 3.43. The molecule has 0 bridgehead atoms. The molecule has 0 spiro atoms. The topological polar surface area (TPSA) is 39.4 Å². The van der Waals surface area contributed by atoms with Crippen molar-refractivity contribution in [3.8, 4) is 0 Å². The molecule has 0 aliphatic heterocycles. The van der Waals surface area contributed by atoms with E-state index in [9.17, 15) is 4.79 Å². The summed E-state index contributed by atoms with van der Waals surface area (Å²) >= 11 is 0. The number of hydrogen-bond donors (Lipinski definition) is 0. The molecule has 12 heavy (non-hydrogen) atoms. The zero-order valence-electron chi connectivity index (χ0n) is 7.46. The third-order valence-electron chi connectivity index (χ3n) is 1.28. The van der Waals surface area contributed by atoms with Gasteiger partial charge in [0, 0.05) is 0 Å². The van der Waals surface area contributed by atoms with Gasteiger partial charge < -0.3 is 9.15 Å². The lowest BCUT2D eigenvalue weighted by Crippen LogP contribution is -2.10. The fourth-order valence-corrected chi connectivity index (χ4v) is 0.816. The Hall–Kier alpha value is -1.25. The van der Waals surface area contributed by atoms with Crippen molar-refractivity contribution in [2.75, 3.05) is 0 Å². The van der Waals surface area contributed by atoms with Crippen molar-refractivity contribution in [1.82, 2.24) is 0 Å². The van der Waals surface area contributed by atoms with Gasteiger partial charge in [-0.2, -0.15) is 0 Å². The highest BCUT2D eigenvalue weighted by Gasteiger charge is 2.12. The summed E-state index contributed by atoms with van der Waals surface area (Å²) in [6.07, 6.45) is -0.108. The Balaban J connectivity index is 2.65. The maximum atomic E-state index is 11.2. The van der Waals surface area contributed by atoms with Crippen LogP contribution in [0.15, 0.2) is 16.5 Å². The monoisotopic (exact) mass is 168 g/mol. The first kappa shape index (κ1) is 8.84. The zero-order valence-corrected chi connectivity index (χ0v) is 7.46. The van der Waals surface area contributed by atoms with E-state index in [4.69, 9.17) is 9.15 Å². The minimum Gasteiger partial charge on any atom is -0.457 e. The van der Waals surface area contributed by atoms with Crippen molar-refractivity contribution in [1.29, 1.82) is 0 Å². The van der Waals surface area contributed by atoms with E-state index < -0.39 is 5.97 Å². The Morgan fingerprint density at radius 3 is 2.58 bits per heavy atom. The van der Waals surface area contributed by atoms with Gasteiger partial charge in [0.2, 0.25) is 5.76 Å². The molecule has 0 radical (unpaired) electrons. The van der Waals surface area contributed by atoms with E-state index >= 15 is 0 Å². The summed E-state index contributed by atoms with van der Waals surface area (Å²) in [5, 5.41) is 0. The summed E-state index contributed by atoms with van der Waals surface area (Å²) in [7, 11) is 0. The second-order valence-corrected chi connectivity index (χ2v) is 2.86. The molecule has 1 rings (SSSR count). The van der Waals surface area contributed by atoms with Crippen LogP contribution in [0.25, 0.3) is 0 Å². The lowest BCUT2D eigenvalue weighted by Gasteiger charge is -2.04. The predicted octanol–water partition coefficient (Wildman–Crippen LogP) is 2.15. The van der Waals surface area contributed by atoms with Crippen LogP contribution < -0.4 is 0 Å². The molecule has 0 aliphatic rings. The summed E-state index contributed by atoms with van der Waals surface area (Å²) in [6.45, 7) is 5.38. The average molecular weight is 168 g/mol. The third-order valence-corrected chi connectivity index (χ3v) is 1.28. The molecule has 0 atom stereocenters. The second-order valence-electron chi connectivity index (χ2n) is 2.86. The number of furan rings is 1. The number of ether oxygens (including phenoxy) is 1. The van der Waals surface area contributed by atoms with Crippen molar-refractivity contribution in [3.63, 3.8) is 0 Å². The minimum atomic E-state index is -0.405. The van der Waals surface area contributed by atoms with Crippen LogP contribution in [0.3, 0.4) is 0 Å². The molecule has 0 N–H and O–H groups in total. The molecule has 1 aromatic heterocycles. The van der Waals surface area contributed by atoms with E-state index in [2.05, 4.69) is 0 Å². The van der Waals surface area contributed by atoms with Crippen molar-refractivity contribution >= 4 is 5.97 Å². The first-order chi connectivity index (χ1) is 5.59. The Bertz CT molecular complexity index is 273. The Labute approximate surface area is 71.3 Å². The van der Waals surface area contributed by atoms with E-state index in [1.165, 1.54) is 0 Å². The number of carbonyl (C=O) groups is 1. The highest BCUT2D eigenvalue weighted by molar-refractivity contribution is 5.86. The van der Waals surface area contributed by atoms with Crippen LogP contribution in [-0.2, 0) is 4.74 Å². The maximum absolute atomic E-state index is 11.2. The molecule has 3 nitrogen and oxygen atoms in total. The van der Waals surface area contributed by atoms with Gasteiger partial charge >= 0.3 is 5.97 Å². The molecule has 66 valence electrons. The summed E-state index contributed by atoms with van der Waals surface area (Å²) in [5.74, 6) is 0.574. The van der Waals surface area contributed by atoms with Crippen molar-refractivity contribution in [2.45, 2.75) is 26.9 Å². The number of aryl methyl sites for hydroxylation is 1. The maximum Gasteiger partial charge on any atom is 0.374 e. The van der Waals surface area contributed by atoms with Crippen LogP contribution in [0.5, 0.6) is 0 Å². The first-order valence-corrected chi connectivity index (χ1v) is 3.87. The Morgan fingerprint density at radius 2 is 2.17 bits per heavy atom. The van der Waals surface area contributed by atoms with Crippen LogP contribution in [0.4, 0.5) is 0 Å². The molecule has 0 aromatic carbocycles. The van der Waals surface area contributed by atoms with Crippen molar-refractivity contribution in [2.24, 2.45) is 0 Å². The fourth-order valence-electron chi connectivity index (χ4n) is 0.816. The van der Waals surface area contributed by atoms with Gasteiger partial charge in [0.1, 0.15) is 5.76 Å². The molecule has 0 saturated carbocycles.